The number of anilines is 1. The molecule has 4 rings (SSSR count). The van der Waals surface area contributed by atoms with Crippen molar-refractivity contribution in [2.75, 3.05) is 32.2 Å². The molecule has 1 aromatic rings. The third-order valence-electron chi connectivity index (χ3n) is 5.69. The lowest BCUT2D eigenvalue weighted by molar-refractivity contribution is 0.118. The highest BCUT2D eigenvalue weighted by atomic mass is 35.5. The van der Waals surface area contributed by atoms with Gasteiger partial charge in [0.2, 0.25) is 0 Å². The molecule has 2 atom stereocenters. The number of hydrogen-bond acceptors (Lipinski definition) is 6. The quantitative estimate of drug-likeness (QED) is 0.517. The van der Waals surface area contributed by atoms with Crippen LogP contribution in [0.3, 0.4) is 0 Å². The Morgan fingerprint density at radius 3 is 2.63 bits per heavy atom. The number of aliphatic hydroxyl groups excluding tert-OH is 1. The van der Waals surface area contributed by atoms with E-state index in [0.717, 1.165) is 16.3 Å². The van der Waals surface area contributed by atoms with Gasteiger partial charge in [-0.05, 0) is 25.0 Å². The van der Waals surface area contributed by atoms with Crippen molar-refractivity contribution in [3.63, 3.8) is 0 Å². The molecular formula is C21H24Cl3N3O3. The minimum Gasteiger partial charge on any atom is -0.499 e. The summed E-state index contributed by atoms with van der Waals surface area (Å²) in [6.45, 7) is 1.41. The number of alkyl halides is 1. The van der Waals surface area contributed by atoms with E-state index < -0.39 is 0 Å². The number of ether oxygens (including phenoxy) is 2. The van der Waals surface area contributed by atoms with E-state index in [4.69, 9.17) is 49.3 Å². The highest BCUT2D eigenvalue weighted by Gasteiger charge is 2.31. The molecule has 0 amide bonds. The summed E-state index contributed by atoms with van der Waals surface area (Å²) in [6.07, 6.45) is 5.03. The van der Waals surface area contributed by atoms with Gasteiger partial charge in [-0.3, -0.25) is 0 Å². The van der Waals surface area contributed by atoms with Crippen LogP contribution < -0.4 is 20.7 Å². The zero-order valence-electron chi connectivity index (χ0n) is 16.8. The minimum atomic E-state index is -0.355. The number of allylic oxidation sites excluding steroid dienone is 2. The number of halogens is 3. The first-order valence-electron chi connectivity index (χ1n) is 9.85. The van der Waals surface area contributed by atoms with E-state index in [1.165, 1.54) is 0 Å². The molecule has 2 N–H and O–H groups in total. The third kappa shape index (κ3) is 4.04. The summed E-state index contributed by atoms with van der Waals surface area (Å²) in [5, 5.41) is 15.9. The fourth-order valence-electron chi connectivity index (χ4n) is 4.01. The Bertz CT molecular complexity index is 1020. The molecule has 1 fully saturated rings. The molecule has 1 aromatic heterocycles. The first kappa shape index (κ1) is 21.8. The number of aromatic nitrogens is 1. The largest absolute Gasteiger partial charge is 0.499 e. The van der Waals surface area contributed by atoms with Gasteiger partial charge in [0, 0.05) is 48.8 Å². The lowest BCUT2D eigenvalue weighted by Crippen LogP contribution is -2.45. The lowest BCUT2D eigenvalue weighted by atomic mass is 9.98. The second-order valence-electron chi connectivity index (χ2n) is 7.52. The lowest BCUT2D eigenvalue weighted by Gasteiger charge is -2.32. The zero-order valence-corrected chi connectivity index (χ0v) is 19.1. The zero-order chi connectivity index (χ0) is 21.4. The van der Waals surface area contributed by atoms with Crippen LogP contribution in [0.4, 0.5) is 5.82 Å². The average Bonchev–Trinajstić information content (AvgIpc) is 2.74. The third-order valence-corrected chi connectivity index (χ3v) is 6.77. The monoisotopic (exact) mass is 471 g/mol. The second kappa shape index (κ2) is 8.97. The van der Waals surface area contributed by atoms with Crippen molar-refractivity contribution >= 4 is 58.5 Å². The van der Waals surface area contributed by atoms with E-state index in [0.29, 0.717) is 59.4 Å². The van der Waals surface area contributed by atoms with Crippen LogP contribution in [-0.4, -0.2) is 55.1 Å². The topological polar surface area (TPSA) is 66.9 Å². The Kier molecular flexibility index (Phi) is 6.51. The minimum absolute atomic E-state index is 0.280. The van der Waals surface area contributed by atoms with Gasteiger partial charge >= 0.3 is 0 Å². The number of fused-ring (bicyclic) bond motifs is 1. The van der Waals surface area contributed by atoms with Crippen LogP contribution in [0.15, 0.2) is 21.9 Å². The van der Waals surface area contributed by atoms with Crippen LogP contribution in [0.2, 0.25) is 0 Å². The van der Waals surface area contributed by atoms with Gasteiger partial charge in [-0.2, -0.15) is 0 Å². The summed E-state index contributed by atoms with van der Waals surface area (Å²) in [7, 11) is 3.19. The molecule has 1 saturated heterocycles. The Labute approximate surface area is 190 Å². The molecule has 3 aliphatic rings. The Morgan fingerprint density at radius 1 is 1.23 bits per heavy atom. The summed E-state index contributed by atoms with van der Waals surface area (Å²) >= 11 is 19.7. The van der Waals surface area contributed by atoms with Crippen LogP contribution >= 0.6 is 34.8 Å². The van der Waals surface area contributed by atoms with Crippen molar-refractivity contribution < 1.29 is 14.6 Å². The van der Waals surface area contributed by atoms with Gasteiger partial charge < -0.3 is 24.8 Å². The second-order valence-corrected chi connectivity index (χ2v) is 8.78. The number of piperidine rings is 1. The van der Waals surface area contributed by atoms with Crippen molar-refractivity contribution in [1.29, 1.82) is 0 Å². The van der Waals surface area contributed by atoms with E-state index in [1.807, 2.05) is 18.3 Å². The molecule has 3 heterocycles. The van der Waals surface area contributed by atoms with Gasteiger partial charge in [0.25, 0.3) is 0 Å². The SMILES string of the molecule is COC1=C(Cl)C(c2cc3c(c(N4CCC(O)CC4)n2)=CC(Cl)NC=3)=C(Cl)C(OC)C1. The first-order valence-corrected chi connectivity index (χ1v) is 11.0. The Hall–Kier alpha value is -1.44. The number of nitrogens with zero attached hydrogens (tertiary/aromatic N) is 2. The van der Waals surface area contributed by atoms with E-state index in [2.05, 4.69) is 10.2 Å². The number of aliphatic hydroxyl groups is 1. The molecule has 0 spiro atoms. The smallest absolute Gasteiger partial charge is 0.137 e. The van der Waals surface area contributed by atoms with Gasteiger partial charge in [-0.15, -0.1) is 0 Å². The fourth-order valence-corrected chi connectivity index (χ4v) is 4.96. The van der Waals surface area contributed by atoms with Crippen molar-refractivity contribution in [2.45, 2.75) is 37.0 Å². The van der Waals surface area contributed by atoms with Crippen molar-refractivity contribution in [3.8, 4) is 0 Å². The van der Waals surface area contributed by atoms with Gasteiger partial charge in [0.05, 0.1) is 29.0 Å². The molecule has 0 aromatic carbocycles. The maximum Gasteiger partial charge on any atom is 0.137 e. The van der Waals surface area contributed by atoms with Crippen molar-refractivity contribution in [3.05, 3.63) is 38.0 Å². The molecule has 2 unspecified atom stereocenters. The standard InChI is InChI=1S/C21H24Cl3N3O3/c1-29-15-9-16(30-2)20(24)18(19(15)23)14-7-11-10-25-17(22)8-13(11)21(26-14)27-5-3-12(28)4-6-27/h7-8,10,12,15,17,25,28H,3-6,9H2,1-2H3. The van der Waals surface area contributed by atoms with Crippen LogP contribution in [0.1, 0.15) is 25.0 Å². The Balaban J connectivity index is 1.91. The first-order chi connectivity index (χ1) is 14.4. The van der Waals surface area contributed by atoms with Gasteiger partial charge in [-0.25, -0.2) is 4.98 Å². The fraction of sp³-hybridized carbons (Fsp3) is 0.476. The molecule has 30 heavy (non-hydrogen) atoms. The number of rotatable bonds is 4. The highest BCUT2D eigenvalue weighted by Crippen LogP contribution is 2.41. The van der Waals surface area contributed by atoms with Crippen molar-refractivity contribution in [1.82, 2.24) is 10.3 Å². The number of methoxy groups -OCH3 is 2. The van der Waals surface area contributed by atoms with Crippen molar-refractivity contribution in [2.24, 2.45) is 0 Å². The van der Waals surface area contributed by atoms with E-state index >= 15 is 0 Å². The van der Waals surface area contributed by atoms with Gasteiger partial charge in [-0.1, -0.05) is 34.8 Å². The summed E-state index contributed by atoms with van der Waals surface area (Å²) in [5.74, 6) is 1.41. The highest BCUT2D eigenvalue weighted by molar-refractivity contribution is 6.42. The van der Waals surface area contributed by atoms with E-state index in [-0.39, 0.29) is 17.7 Å². The molecule has 0 bridgehead atoms. The molecular weight excluding hydrogens is 449 g/mol. The molecule has 0 saturated carbocycles. The van der Waals surface area contributed by atoms with Crippen LogP contribution in [-0.2, 0) is 9.47 Å². The van der Waals surface area contributed by atoms with Crippen LogP contribution in [0, 0.1) is 0 Å². The van der Waals surface area contributed by atoms with Crippen LogP contribution in [0.25, 0.3) is 17.8 Å². The summed E-state index contributed by atoms with van der Waals surface area (Å²) in [6, 6.07) is 1.94. The van der Waals surface area contributed by atoms with E-state index in [1.54, 1.807) is 14.2 Å². The molecule has 0 radical (unpaired) electrons. The maximum absolute atomic E-state index is 9.93. The number of nitrogens with one attached hydrogen (secondary N) is 1. The molecule has 6 nitrogen and oxygen atoms in total. The maximum atomic E-state index is 9.93. The summed E-state index contributed by atoms with van der Waals surface area (Å²) < 4.78 is 11.0. The predicted molar refractivity (Wildman–Crippen MR) is 121 cm³/mol. The van der Waals surface area contributed by atoms with Gasteiger partial charge in [0.15, 0.2) is 0 Å². The predicted octanol–water partition coefficient (Wildman–Crippen LogP) is 2.19. The average molecular weight is 473 g/mol. The molecule has 1 aliphatic carbocycles. The normalized spacial score (nSPS) is 24.8. The number of pyridine rings is 1. The van der Waals surface area contributed by atoms with E-state index in [9.17, 15) is 5.11 Å². The Morgan fingerprint density at radius 2 is 1.97 bits per heavy atom. The summed E-state index contributed by atoms with van der Waals surface area (Å²) in [4.78, 5) is 7.14. The molecule has 2 aliphatic heterocycles. The molecule has 9 heteroatoms. The van der Waals surface area contributed by atoms with Gasteiger partial charge in [0.1, 0.15) is 23.2 Å². The number of hydrogen-bond donors (Lipinski definition) is 2. The van der Waals surface area contributed by atoms with Crippen LogP contribution in [0.5, 0.6) is 0 Å². The summed E-state index contributed by atoms with van der Waals surface area (Å²) in [5.41, 5.74) is 0.926. The molecule has 162 valence electrons.